The molecule has 0 saturated heterocycles. The molecule has 0 spiro atoms. The van der Waals surface area contributed by atoms with Crippen LogP contribution < -0.4 is 0 Å². The van der Waals surface area contributed by atoms with Gasteiger partial charge in [-0.15, -0.1) is 0 Å². The van der Waals surface area contributed by atoms with Gasteiger partial charge in [0.15, 0.2) is 0 Å². The first kappa shape index (κ1) is 17.2. The molecule has 1 aromatic carbocycles. The topological polar surface area (TPSA) is 72.4 Å². The van der Waals surface area contributed by atoms with E-state index in [4.69, 9.17) is 11.6 Å². The summed E-state index contributed by atoms with van der Waals surface area (Å²) in [5, 5.41) is 13.8. The first-order valence-corrected chi connectivity index (χ1v) is 8.44. The van der Waals surface area contributed by atoms with E-state index in [1.807, 2.05) is 6.92 Å². The SMILES string of the molecule is Cc1nn(C)cc1-c1cc(F)ccc1-c1nc2cc(C(=O)O)ccn2c1Cl. The Morgan fingerprint density at radius 1 is 1.19 bits per heavy atom. The van der Waals surface area contributed by atoms with Crippen LogP contribution in [0.2, 0.25) is 5.15 Å². The van der Waals surface area contributed by atoms with Crippen molar-refractivity contribution in [3.8, 4) is 22.4 Å². The maximum Gasteiger partial charge on any atom is 0.335 e. The second-order valence-electron chi connectivity index (χ2n) is 6.19. The number of carbonyl (C=O) groups is 1. The van der Waals surface area contributed by atoms with Gasteiger partial charge in [-0.1, -0.05) is 11.6 Å². The molecule has 136 valence electrons. The Balaban J connectivity index is 1.98. The van der Waals surface area contributed by atoms with E-state index in [2.05, 4.69) is 10.1 Å². The Bertz CT molecular complexity index is 1210. The second kappa shape index (κ2) is 6.21. The summed E-state index contributed by atoms with van der Waals surface area (Å²) in [6, 6.07) is 7.26. The van der Waals surface area contributed by atoms with Crippen LogP contribution in [0.1, 0.15) is 16.1 Å². The van der Waals surface area contributed by atoms with Crippen molar-refractivity contribution >= 4 is 23.2 Å². The number of fused-ring (bicyclic) bond motifs is 1. The van der Waals surface area contributed by atoms with Crippen LogP contribution in [0.15, 0.2) is 42.7 Å². The van der Waals surface area contributed by atoms with Crippen molar-refractivity contribution in [3.05, 3.63) is 65.0 Å². The van der Waals surface area contributed by atoms with E-state index in [1.54, 1.807) is 34.6 Å². The molecule has 6 nitrogen and oxygen atoms in total. The van der Waals surface area contributed by atoms with Crippen molar-refractivity contribution in [2.75, 3.05) is 0 Å². The molecule has 0 radical (unpaired) electrons. The van der Waals surface area contributed by atoms with Crippen molar-refractivity contribution in [3.63, 3.8) is 0 Å². The molecule has 27 heavy (non-hydrogen) atoms. The van der Waals surface area contributed by atoms with Gasteiger partial charge in [-0.3, -0.25) is 9.08 Å². The van der Waals surface area contributed by atoms with Crippen LogP contribution >= 0.6 is 11.6 Å². The Kier molecular flexibility index (Phi) is 3.96. The molecular formula is C19H14ClFN4O2. The van der Waals surface area contributed by atoms with Gasteiger partial charge < -0.3 is 5.11 Å². The lowest BCUT2D eigenvalue weighted by Gasteiger charge is -2.08. The number of aromatic nitrogens is 4. The Morgan fingerprint density at radius 3 is 2.63 bits per heavy atom. The summed E-state index contributed by atoms with van der Waals surface area (Å²) in [5.41, 5.74) is 3.72. The highest BCUT2D eigenvalue weighted by molar-refractivity contribution is 6.32. The van der Waals surface area contributed by atoms with Crippen LogP contribution in [0.25, 0.3) is 28.0 Å². The van der Waals surface area contributed by atoms with Gasteiger partial charge in [0.25, 0.3) is 0 Å². The number of hydrogen-bond donors (Lipinski definition) is 1. The number of nitrogens with zero attached hydrogens (tertiary/aromatic N) is 4. The summed E-state index contributed by atoms with van der Waals surface area (Å²) in [7, 11) is 1.79. The van der Waals surface area contributed by atoms with Crippen molar-refractivity contribution in [2.24, 2.45) is 7.05 Å². The van der Waals surface area contributed by atoms with Crippen LogP contribution in [0.5, 0.6) is 0 Å². The average Bonchev–Trinajstić information content (AvgIpc) is 3.13. The molecule has 0 bridgehead atoms. The lowest BCUT2D eigenvalue weighted by Crippen LogP contribution is -1.97. The van der Waals surface area contributed by atoms with Gasteiger partial charge in [-0.25, -0.2) is 14.2 Å². The predicted octanol–water partition coefficient (Wildman–Crippen LogP) is 4.20. The highest BCUT2D eigenvalue weighted by atomic mass is 35.5. The number of rotatable bonds is 3. The maximum absolute atomic E-state index is 14.0. The van der Waals surface area contributed by atoms with Gasteiger partial charge in [0, 0.05) is 30.6 Å². The van der Waals surface area contributed by atoms with Gasteiger partial charge in [-0.2, -0.15) is 5.10 Å². The Hall–Kier alpha value is -3.19. The summed E-state index contributed by atoms with van der Waals surface area (Å²) in [6.07, 6.45) is 3.36. The number of pyridine rings is 1. The van der Waals surface area contributed by atoms with Crippen molar-refractivity contribution in [1.29, 1.82) is 0 Å². The summed E-state index contributed by atoms with van der Waals surface area (Å²) in [5.74, 6) is -1.43. The molecule has 8 heteroatoms. The molecule has 1 N–H and O–H groups in total. The highest BCUT2D eigenvalue weighted by Gasteiger charge is 2.20. The molecule has 0 fully saturated rings. The van der Waals surface area contributed by atoms with Crippen LogP contribution in [0, 0.1) is 12.7 Å². The van der Waals surface area contributed by atoms with E-state index in [-0.39, 0.29) is 11.4 Å². The minimum atomic E-state index is -1.05. The lowest BCUT2D eigenvalue weighted by molar-refractivity contribution is 0.0697. The number of imidazole rings is 1. The molecule has 0 aliphatic carbocycles. The molecule has 0 amide bonds. The third-order valence-electron chi connectivity index (χ3n) is 4.36. The third kappa shape index (κ3) is 2.86. The average molecular weight is 385 g/mol. The number of halogens is 2. The summed E-state index contributed by atoms with van der Waals surface area (Å²) >= 11 is 6.51. The molecular weight excluding hydrogens is 371 g/mol. The molecule has 0 unspecified atom stereocenters. The van der Waals surface area contributed by atoms with Gasteiger partial charge in [0.1, 0.15) is 22.3 Å². The fraction of sp³-hybridized carbons (Fsp3) is 0.105. The minimum absolute atomic E-state index is 0.109. The molecule has 0 aliphatic heterocycles. The Morgan fingerprint density at radius 2 is 1.96 bits per heavy atom. The third-order valence-corrected chi connectivity index (χ3v) is 4.72. The Labute approximate surface area is 158 Å². The molecule has 0 aliphatic rings. The minimum Gasteiger partial charge on any atom is -0.478 e. The summed E-state index contributed by atoms with van der Waals surface area (Å²) in [4.78, 5) is 15.7. The number of aryl methyl sites for hydroxylation is 2. The largest absolute Gasteiger partial charge is 0.478 e. The molecule has 3 heterocycles. The standard InChI is InChI=1S/C19H14ClFN4O2/c1-10-15(9-24(2)23-10)14-8-12(21)3-4-13(14)17-18(20)25-6-5-11(19(26)27)7-16(25)22-17/h3-9H,1-2H3,(H,26,27). The maximum atomic E-state index is 14.0. The summed E-state index contributed by atoms with van der Waals surface area (Å²) < 4.78 is 17.2. The number of hydrogen-bond acceptors (Lipinski definition) is 3. The fourth-order valence-electron chi connectivity index (χ4n) is 3.13. The van der Waals surface area contributed by atoms with Gasteiger partial charge >= 0.3 is 5.97 Å². The van der Waals surface area contributed by atoms with Gasteiger partial charge in [0.2, 0.25) is 0 Å². The zero-order valence-corrected chi connectivity index (χ0v) is 15.2. The van der Waals surface area contributed by atoms with Gasteiger partial charge in [-0.05, 0) is 42.8 Å². The van der Waals surface area contributed by atoms with E-state index in [0.29, 0.717) is 27.6 Å². The van der Waals surface area contributed by atoms with Crippen LogP contribution in [-0.2, 0) is 7.05 Å². The number of aromatic carboxylic acids is 1. The molecule has 4 rings (SSSR count). The predicted molar refractivity (Wildman–Crippen MR) is 99.5 cm³/mol. The molecule has 0 atom stereocenters. The zero-order chi connectivity index (χ0) is 19.3. The number of carboxylic acid groups (broad SMARTS) is 1. The number of benzene rings is 1. The highest BCUT2D eigenvalue weighted by Crippen LogP contribution is 2.37. The van der Waals surface area contributed by atoms with Crippen molar-refractivity contribution in [1.82, 2.24) is 19.2 Å². The normalized spacial score (nSPS) is 11.3. The van der Waals surface area contributed by atoms with E-state index >= 15 is 0 Å². The smallest absolute Gasteiger partial charge is 0.335 e. The molecule has 0 saturated carbocycles. The fourth-order valence-corrected chi connectivity index (χ4v) is 3.42. The van der Waals surface area contributed by atoms with E-state index in [0.717, 1.165) is 11.3 Å². The van der Waals surface area contributed by atoms with Crippen LogP contribution in [0.3, 0.4) is 0 Å². The molecule has 4 aromatic rings. The van der Waals surface area contributed by atoms with E-state index in [9.17, 15) is 14.3 Å². The van der Waals surface area contributed by atoms with Crippen molar-refractivity contribution in [2.45, 2.75) is 6.92 Å². The first-order chi connectivity index (χ1) is 12.8. The zero-order valence-electron chi connectivity index (χ0n) is 14.4. The quantitative estimate of drug-likeness (QED) is 0.574. The lowest BCUT2D eigenvalue weighted by atomic mass is 9.98. The van der Waals surface area contributed by atoms with E-state index in [1.165, 1.54) is 24.3 Å². The monoisotopic (exact) mass is 384 g/mol. The summed E-state index contributed by atoms with van der Waals surface area (Å²) in [6.45, 7) is 1.84. The van der Waals surface area contributed by atoms with Crippen LogP contribution in [-0.4, -0.2) is 30.2 Å². The second-order valence-corrected chi connectivity index (χ2v) is 6.55. The van der Waals surface area contributed by atoms with Crippen LogP contribution in [0.4, 0.5) is 4.39 Å². The van der Waals surface area contributed by atoms with Gasteiger partial charge in [0.05, 0.1) is 11.3 Å². The van der Waals surface area contributed by atoms with Crippen molar-refractivity contribution < 1.29 is 14.3 Å². The number of carboxylic acids is 1. The molecule has 3 aromatic heterocycles. The first-order valence-electron chi connectivity index (χ1n) is 8.06. The van der Waals surface area contributed by atoms with E-state index < -0.39 is 5.97 Å².